The Labute approximate surface area is 166 Å². The summed E-state index contributed by atoms with van der Waals surface area (Å²) in [4.78, 5) is 29.6. The molecule has 2 aromatic heterocycles. The Bertz CT molecular complexity index is 1190. The van der Waals surface area contributed by atoms with E-state index in [0.717, 1.165) is 21.7 Å². The first-order valence-corrected chi connectivity index (χ1v) is 9.01. The molecule has 0 fully saturated rings. The molecule has 0 aliphatic heterocycles. The second-order valence-electron chi connectivity index (χ2n) is 6.61. The molecule has 7 nitrogen and oxygen atoms in total. The summed E-state index contributed by atoms with van der Waals surface area (Å²) < 4.78 is 1.61. The summed E-state index contributed by atoms with van der Waals surface area (Å²) in [6.07, 6.45) is 1.43. The Hall–Kier alpha value is -4.00. The monoisotopic (exact) mass is 386 g/mol. The second-order valence-corrected chi connectivity index (χ2v) is 6.61. The number of amides is 1. The van der Waals surface area contributed by atoms with E-state index in [2.05, 4.69) is 10.1 Å². The Kier molecular flexibility index (Phi) is 4.78. The van der Waals surface area contributed by atoms with E-state index < -0.39 is 18.4 Å². The predicted octanol–water partition coefficient (Wildman–Crippen LogP) is 3.22. The zero-order chi connectivity index (χ0) is 20.4. The van der Waals surface area contributed by atoms with Gasteiger partial charge >= 0.3 is 5.97 Å². The van der Waals surface area contributed by atoms with Crippen LogP contribution >= 0.6 is 0 Å². The highest BCUT2D eigenvalue weighted by atomic mass is 16.4. The van der Waals surface area contributed by atoms with Crippen LogP contribution in [-0.2, 0) is 4.79 Å². The quantitative estimate of drug-likeness (QED) is 0.569. The Morgan fingerprint density at radius 3 is 2.24 bits per heavy atom. The molecule has 4 rings (SSSR count). The standard InChI is InChI=1S/C22H18N4O3/c1-25(14-20(27)28)22(29)17-13-23-26-19(16-10-6-3-7-11-16)12-18(24-21(17)26)15-8-4-2-5-9-15/h2-13H,14H2,1H3,(H,27,28). The molecule has 0 aliphatic carbocycles. The van der Waals surface area contributed by atoms with Crippen LogP contribution in [-0.4, -0.2) is 50.1 Å². The average Bonchev–Trinajstić information content (AvgIpc) is 3.17. The maximum absolute atomic E-state index is 12.8. The molecule has 0 atom stereocenters. The highest BCUT2D eigenvalue weighted by Gasteiger charge is 2.22. The van der Waals surface area contributed by atoms with Crippen molar-refractivity contribution in [2.45, 2.75) is 0 Å². The number of hydrogen-bond acceptors (Lipinski definition) is 4. The number of carbonyl (C=O) groups is 2. The average molecular weight is 386 g/mol. The molecule has 0 radical (unpaired) electrons. The van der Waals surface area contributed by atoms with Gasteiger partial charge in [0, 0.05) is 18.2 Å². The fourth-order valence-corrected chi connectivity index (χ4v) is 3.17. The fourth-order valence-electron chi connectivity index (χ4n) is 3.17. The number of likely N-dealkylation sites (N-methyl/N-ethyl adjacent to an activating group) is 1. The van der Waals surface area contributed by atoms with Crippen molar-refractivity contribution in [1.29, 1.82) is 0 Å². The van der Waals surface area contributed by atoms with Crippen LogP contribution in [0.15, 0.2) is 72.9 Å². The first kappa shape index (κ1) is 18.4. The van der Waals surface area contributed by atoms with Gasteiger partial charge < -0.3 is 10.0 Å². The molecule has 0 unspecified atom stereocenters. The van der Waals surface area contributed by atoms with Crippen molar-refractivity contribution in [3.63, 3.8) is 0 Å². The zero-order valence-corrected chi connectivity index (χ0v) is 15.7. The minimum Gasteiger partial charge on any atom is -0.480 e. The Balaban J connectivity index is 1.92. The van der Waals surface area contributed by atoms with Crippen LogP contribution in [0.25, 0.3) is 28.2 Å². The van der Waals surface area contributed by atoms with Crippen LogP contribution < -0.4 is 0 Å². The van der Waals surface area contributed by atoms with E-state index in [0.29, 0.717) is 11.3 Å². The summed E-state index contributed by atoms with van der Waals surface area (Å²) in [6.45, 7) is -0.403. The van der Waals surface area contributed by atoms with Gasteiger partial charge in [-0.25, -0.2) is 9.50 Å². The number of aromatic nitrogens is 3. The molecule has 1 N–H and O–H groups in total. The molecular weight excluding hydrogens is 368 g/mol. The van der Waals surface area contributed by atoms with Crippen molar-refractivity contribution >= 4 is 17.5 Å². The maximum atomic E-state index is 12.8. The third kappa shape index (κ3) is 3.58. The van der Waals surface area contributed by atoms with Gasteiger partial charge in [-0.3, -0.25) is 9.59 Å². The third-order valence-corrected chi connectivity index (χ3v) is 4.56. The molecule has 144 valence electrons. The molecule has 0 saturated heterocycles. The summed E-state index contributed by atoms with van der Waals surface area (Å²) in [5, 5.41) is 13.4. The van der Waals surface area contributed by atoms with Gasteiger partial charge in [-0.2, -0.15) is 5.10 Å². The molecule has 29 heavy (non-hydrogen) atoms. The number of carboxylic acids is 1. The van der Waals surface area contributed by atoms with Crippen molar-refractivity contribution < 1.29 is 14.7 Å². The summed E-state index contributed by atoms with van der Waals surface area (Å²) in [5.41, 5.74) is 3.96. The van der Waals surface area contributed by atoms with Crippen LogP contribution in [0.2, 0.25) is 0 Å². The SMILES string of the molecule is CN(CC(=O)O)C(=O)c1cnn2c(-c3ccccc3)cc(-c3ccccc3)nc12. The van der Waals surface area contributed by atoms with E-state index in [1.165, 1.54) is 13.2 Å². The number of aliphatic carboxylic acids is 1. The lowest BCUT2D eigenvalue weighted by Crippen LogP contribution is -2.31. The molecule has 7 heteroatoms. The van der Waals surface area contributed by atoms with Gasteiger partial charge in [-0.1, -0.05) is 60.7 Å². The summed E-state index contributed by atoms with van der Waals surface area (Å²) in [7, 11) is 1.44. The van der Waals surface area contributed by atoms with Gasteiger partial charge in [0.15, 0.2) is 5.65 Å². The van der Waals surface area contributed by atoms with Crippen LogP contribution in [0.4, 0.5) is 0 Å². The summed E-state index contributed by atoms with van der Waals surface area (Å²) >= 11 is 0. The predicted molar refractivity (Wildman–Crippen MR) is 108 cm³/mol. The van der Waals surface area contributed by atoms with Crippen LogP contribution in [0, 0.1) is 0 Å². The van der Waals surface area contributed by atoms with Crippen LogP contribution in [0.1, 0.15) is 10.4 Å². The molecule has 1 amide bonds. The molecule has 2 heterocycles. The molecule has 0 aliphatic rings. The second kappa shape index (κ2) is 7.55. The minimum atomic E-state index is -1.08. The Morgan fingerprint density at radius 1 is 1.00 bits per heavy atom. The van der Waals surface area contributed by atoms with Gasteiger partial charge in [-0.15, -0.1) is 0 Å². The molecule has 0 spiro atoms. The van der Waals surface area contributed by atoms with Crippen molar-refractivity contribution in [3.05, 3.63) is 78.5 Å². The van der Waals surface area contributed by atoms with Gasteiger partial charge in [0.25, 0.3) is 5.91 Å². The zero-order valence-electron chi connectivity index (χ0n) is 15.7. The van der Waals surface area contributed by atoms with Gasteiger partial charge in [0.05, 0.1) is 17.6 Å². The maximum Gasteiger partial charge on any atom is 0.323 e. The number of carboxylic acid groups (broad SMARTS) is 1. The van der Waals surface area contributed by atoms with E-state index in [-0.39, 0.29) is 5.56 Å². The molecule has 0 bridgehead atoms. The number of carbonyl (C=O) groups excluding carboxylic acids is 1. The minimum absolute atomic E-state index is 0.253. The molecule has 0 saturated carbocycles. The molecule has 2 aromatic carbocycles. The van der Waals surface area contributed by atoms with E-state index in [1.54, 1.807) is 4.52 Å². The first-order valence-electron chi connectivity index (χ1n) is 9.01. The number of hydrogen-bond donors (Lipinski definition) is 1. The lowest BCUT2D eigenvalue weighted by Gasteiger charge is -2.14. The van der Waals surface area contributed by atoms with E-state index >= 15 is 0 Å². The normalized spacial score (nSPS) is 10.8. The van der Waals surface area contributed by atoms with Gasteiger partial charge in [0.1, 0.15) is 12.1 Å². The number of nitrogens with zero attached hydrogens (tertiary/aromatic N) is 4. The van der Waals surface area contributed by atoms with E-state index in [1.807, 2.05) is 66.7 Å². The van der Waals surface area contributed by atoms with Crippen molar-refractivity contribution in [1.82, 2.24) is 19.5 Å². The first-order chi connectivity index (χ1) is 14.0. The van der Waals surface area contributed by atoms with Crippen molar-refractivity contribution in [2.75, 3.05) is 13.6 Å². The topological polar surface area (TPSA) is 87.8 Å². The highest BCUT2D eigenvalue weighted by molar-refractivity contribution is 6.01. The third-order valence-electron chi connectivity index (χ3n) is 4.56. The smallest absolute Gasteiger partial charge is 0.323 e. The number of fused-ring (bicyclic) bond motifs is 1. The van der Waals surface area contributed by atoms with Gasteiger partial charge in [0.2, 0.25) is 0 Å². The molecular formula is C22H18N4O3. The Morgan fingerprint density at radius 2 is 1.62 bits per heavy atom. The van der Waals surface area contributed by atoms with Crippen LogP contribution in [0.5, 0.6) is 0 Å². The van der Waals surface area contributed by atoms with Gasteiger partial charge in [-0.05, 0) is 6.07 Å². The lowest BCUT2D eigenvalue weighted by molar-refractivity contribution is -0.137. The van der Waals surface area contributed by atoms with Crippen molar-refractivity contribution in [3.8, 4) is 22.5 Å². The van der Waals surface area contributed by atoms with Crippen LogP contribution in [0.3, 0.4) is 0 Å². The lowest BCUT2D eigenvalue weighted by atomic mass is 10.1. The summed E-state index contributed by atoms with van der Waals surface area (Å²) in [5.74, 6) is -1.53. The highest BCUT2D eigenvalue weighted by Crippen LogP contribution is 2.27. The van der Waals surface area contributed by atoms with E-state index in [9.17, 15) is 9.59 Å². The number of rotatable bonds is 5. The van der Waals surface area contributed by atoms with Crippen molar-refractivity contribution in [2.24, 2.45) is 0 Å². The number of benzene rings is 2. The molecule has 4 aromatic rings. The summed E-state index contributed by atoms with van der Waals surface area (Å²) in [6, 6.07) is 21.3. The fraction of sp³-hybridized carbons (Fsp3) is 0.0909. The largest absolute Gasteiger partial charge is 0.480 e. The van der Waals surface area contributed by atoms with E-state index in [4.69, 9.17) is 5.11 Å².